The number of alkyl halides is 3. The lowest BCUT2D eigenvalue weighted by atomic mass is 9.71. The van der Waals surface area contributed by atoms with E-state index in [-0.39, 0.29) is 55.1 Å². The van der Waals surface area contributed by atoms with Crippen molar-refractivity contribution in [2.24, 2.45) is 11.8 Å². The third-order valence-corrected chi connectivity index (χ3v) is 8.74. The summed E-state index contributed by atoms with van der Waals surface area (Å²) in [7, 11) is 1.60. The van der Waals surface area contributed by atoms with Gasteiger partial charge < -0.3 is 15.0 Å². The van der Waals surface area contributed by atoms with Crippen molar-refractivity contribution in [3.05, 3.63) is 59.8 Å². The molecule has 38 heavy (non-hydrogen) atoms. The van der Waals surface area contributed by atoms with Crippen molar-refractivity contribution in [1.29, 1.82) is 0 Å². The number of benzene rings is 1. The highest BCUT2D eigenvalue weighted by atomic mass is 19.4. The molecule has 1 aromatic carbocycles. The fraction of sp³-hybridized carbons (Fsp3) is 0.556. The van der Waals surface area contributed by atoms with Crippen LogP contribution in [0.1, 0.15) is 35.9 Å². The summed E-state index contributed by atoms with van der Waals surface area (Å²) in [5.74, 6) is 0.892. The molecule has 4 aliphatic rings. The first-order chi connectivity index (χ1) is 18.3. The van der Waals surface area contributed by atoms with E-state index in [1.54, 1.807) is 13.3 Å². The van der Waals surface area contributed by atoms with Gasteiger partial charge in [0.25, 0.3) is 0 Å². The van der Waals surface area contributed by atoms with Crippen molar-refractivity contribution in [2.75, 3.05) is 33.3 Å². The Morgan fingerprint density at radius 2 is 1.84 bits per heavy atom. The van der Waals surface area contributed by atoms with E-state index < -0.39 is 12.7 Å². The number of carbonyl (C=O) groups is 1. The summed E-state index contributed by atoms with van der Waals surface area (Å²) in [6, 6.07) is 13.4. The number of halogens is 3. The molecular weight excluding hydrogens is 497 g/mol. The molecule has 5 unspecified atom stereocenters. The Kier molecular flexibility index (Phi) is 6.69. The average molecular weight is 531 g/mol. The van der Waals surface area contributed by atoms with E-state index in [9.17, 15) is 18.0 Å². The average Bonchev–Trinajstić information content (AvgIpc) is 3.50. The SMILES string of the molecule is COc1cc(C2NNC3CC4NC(=O)N([C@@H]5CN(CC(F)(F)F)C[C@H]5c5ccccc5)CC4CC32)ccn1. The van der Waals surface area contributed by atoms with E-state index in [0.717, 1.165) is 24.0 Å². The monoisotopic (exact) mass is 530 g/mol. The molecule has 11 heteroatoms. The minimum atomic E-state index is -4.28. The summed E-state index contributed by atoms with van der Waals surface area (Å²) in [5, 5.41) is 3.21. The molecule has 2 aromatic rings. The van der Waals surface area contributed by atoms with Gasteiger partial charge in [-0.25, -0.2) is 15.2 Å². The standard InChI is InChI=1S/C27H33F3N6O2/c1-38-24-10-17(7-8-31-24)25-19-9-18-12-36(26(37)32-21(18)11-22(19)33-34-25)23-14-35(15-27(28,29)30)13-20(23)16-5-3-2-4-6-16/h2-8,10,18-23,25,33-34H,9,11-15H2,1H3,(H,32,37)/t18?,19?,20-,21?,22?,23+,25?/m0/s1. The van der Waals surface area contributed by atoms with E-state index >= 15 is 0 Å². The predicted molar refractivity (Wildman–Crippen MR) is 134 cm³/mol. The van der Waals surface area contributed by atoms with Gasteiger partial charge >= 0.3 is 12.2 Å². The van der Waals surface area contributed by atoms with Crippen molar-refractivity contribution >= 4 is 6.03 Å². The summed E-state index contributed by atoms with van der Waals surface area (Å²) >= 11 is 0. The molecule has 3 saturated heterocycles. The molecular formula is C27H33F3N6O2. The van der Waals surface area contributed by atoms with E-state index in [1.165, 1.54) is 4.90 Å². The van der Waals surface area contributed by atoms with Crippen LogP contribution in [0, 0.1) is 11.8 Å². The van der Waals surface area contributed by atoms with Gasteiger partial charge in [0.05, 0.1) is 25.7 Å². The van der Waals surface area contributed by atoms with E-state index in [4.69, 9.17) is 4.74 Å². The van der Waals surface area contributed by atoms with E-state index in [0.29, 0.717) is 18.3 Å². The summed E-state index contributed by atoms with van der Waals surface area (Å²) in [5.41, 5.74) is 8.92. The summed E-state index contributed by atoms with van der Waals surface area (Å²) in [6.45, 7) is 0.0571. The normalized spacial score (nSPS) is 33.5. The molecule has 0 spiro atoms. The second-order valence-corrected chi connectivity index (χ2v) is 11.0. The van der Waals surface area contributed by atoms with Gasteiger partial charge in [-0.15, -0.1) is 0 Å². The molecule has 8 nitrogen and oxygen atoms in total. The first kappa shape index (κ1) is 25.4. The number of carbonyl (C=O) groups excluding carboxylic acids is 1. The maximum absolute atomic E-state index is 13.4. The molecule has 4 fully saturated rings. The van der Waals surface area contributed by atoms with Gasteiger partial charge in [0.1, 0.15) is 0 Å². The molecule has 0 bridgehead atoms. The lowest BCUT2D eigenvalue weighted by Crippen LogP contribution is -2.63. The van der Waals surface area contributed by atoms with Gasteiger partial charge in [0.15, 0.2) is 0 Å². The van der Waals surface area contributed by atoms with Crippen LogP contribution in [0.3, 0.4) is 0 Å². The van der Waals surface area contributed by atoms with Gasteiger partial charge in [-0.2, -0.15) is 13.2 Å². The highest BCUT2D eigenvalue weighted by Gasteiger charge is 2.51. The van der Waals surface area contributed by atoms with Crippen molar-refractivity contribution in [1.82, 2.24) is 31.0 Å². The topological polar surface area (TPSA) is 81.8 Å². The van der Waals surface area contributed by atoms with Gasteiger partial charge in [-0.3, -0.25) is 10.3 Å². The van der Waals surface area contributed by atoms with Crippen LogP contribution in [-0.4, -0.2) is 78.4 Å². The zero-order valence-corrected chi connectivity index (χ0v) is 21.2. The Hall–Kier alpha value is -2.89. The number of rotatable bonds is 5. The Balaban J connectivity index is 1.22. The summed E-state index contributed by atoms with van der Waals surface area (Å²) in [6.07, 6.45) is -0.852. The van der Waals surface area contributed by atoms with Crippen LogP contribution in [0.25, 0.3) is 0 Å². The van der Waals surface area contributed by atoms with Crippen LogP contribution >= 0.6 is 0 Å². The fourth-order valence-electron chi connectivity index (χ4n) is 7.05. The Bertz CT molecular complexity index is 1150. The minimum Gasteiger partial charge on any atom is -0.481 e. The second kappa shape index (κ2) is 10.0. The minimum absolute atomic E-state index is 0.0304. The van der Waals surface area contributed by atoms with Crippen molar-refractivity contribution in [3.8, 4) is 5.88 Å². The number of likely N-dealkylation sites (tertiary alicyclic amines) is 1. The molecule has 1 saturated carbocycles. The van der Waals surface area contributed by atoms with E-state index in [1.807, 2.05) is 47.4 Å². The molecule has 3 N–H and O–H groups in total. The third kappa shape index (κ3) is 4.94. The molecule has 2 amide bonds. The number of ether oxygens (including phenoxy) is 1. The fourth-order valence-corrected chi connectivity index (χ4v) is 7.05. The number of urea groups is 1. The van der Waals surface area contributed by atoms with Crippen molar-refractivity contribution < 1.29 is 22.7 Å². The van der Waals surface area contributed by atoms with Crippen LogP contribution in [0.15, 0.2) is 48.7 Å². The number of pyridine rings is 1. The summed E-state index contributed by atoms with van der Waals surface area (Å²) < 4.78 is 45.2. The van der Waals surface area contributed by atoms with Crippen LogP contribution < -0.4 is 20.9 Å². The van der Waals surface area contributed by atoms with Gasteiger partial charge in [0.2, 0.25) is 5.88 Å². The molecule has 6 rings (SSSR count). The van der Waals surface area contributed by atoms with Crippen LogP contribution in [-0.2, 0) is 0 Å². The van der Waals surface area contributed by atoms with Gasteiger partial charge in [-0.1, -0.05) is 30.3 Å². The number of hydrogen-bond donors (Lipinski definition) is 3. The number of fused-ring (bicyclic) bond motifs is 2. The number of hydrogen-bond acceptors (Lipinski definition) is 6. The third-order valence-electron chi connectivity index (χ3n) is 8.74. The zero-order valence-electron chi connectivity index (χ0n) is 21.2. The van der Waals surface area contributed by atoms with Crippen LogP contribution in [0.4, 0.5) is 18.0 Å². The van der Waals surface area contributed by atoms with Crippen molar-refractivity contribution in [2.45, 2.75) is 49.1 Å². The molecule has 4 heterocycles. The van der Waals surface area contributed by atoms with Gasteiger partial charge in [0, 0.05) is 49.9 Å². The Labute approximate surface area is 219 Å². The molecule has 204 valence electrons. The Morgan fingerprint density at radius 3 is 2.61 bits per heavy atom. The van der Waals surface area contributed by atoms with E-state index in [2.05, 4.69) is 21.2 Å². The first-order valence-electron chi connectivity index (χ1n) is 13.2. The maximum atomic E-state index is 13.4. The quantitative estimate of drug-likeness (QED) is 0.552. The lowest BCUT2D eigenvalue weighted by molar-refractivity contribution is -0.143. The smallest absolute Gasteiger partial charge is 0.401 e. The highest BCUT2D eigenvalue weighted by molar-refractivity contribution is 5.76. The molecule has 7 atom stereocenters. The molecule has 0 radical (unpaired) electrons. The summed E-state index contributed by atoms with van der Waals surface area (Å²) in [4.78, 5) is 20.8. The largest absolute Gasteiger partial charge is 0.481 e. The number of aromatic nitrogens is 1. The number of methoxy groups -OCH3 is 1. The zero-order chi connectivity index (χ0) is 26.4. The van der Waals surface area contributed by atoms with Crippen LogP contribution in [0.2, 0.25) is 0 Å². The van der Waals surface area contributed by atoms with Crippen LogP contribution in [0.5, 0.6) is 5.88 Å². The lowest BCUT2D eigenvalue weighted by Gasteiger charge is -2.48. The molecule has 3 aliphatic heterocycles. The molecule has 1 aliphatic carbocycles. The maximum Gasteiger partial charge on any atom is 0.401 e. The number of amides is 2. The number of nitrogens with zero attached hydrogens (tertiary/aromatic N) is 3. The van der Waals surface area contributed by atoms with Crippen molar-refractivity contribution in [3.63, 3.8) is 0 Å². The first-order valence-corrected chi connectivity index (χ1v) is 13.2. The Morgan fingerprint density at radius 1 is 1.03 bits per heavy atom. The van der Waals surface area contributed by atoms with Gasteiger partial charge in [-0.05, 0) is 41.9 Å². The highest BCUT2D eigenvalue weighted by Crippen LogP contribution is 2.43. The molecule has 1 aromatic heterocycles. The predicted octanol–water partition coefficient (Wildman–Crippen LogP) is 3.06. The number of hydrazine groups is 1. The number of nitrogens with one attached hydrogen (secondary N) is 3. The second-order valence-electron chi connectivity index (χ2n) is 11.0.